The molecule has 0 atom stereocenters. The van der Waals surface area contributed by atoms with Crippen molar-refractivity contribution in [2.24, 2.45) is 0 Å². The largest absolute Gasteiger partial charge is 0.459 e. The van der Waals surface area contributed by atoms with Crippen LogP contribution in [0.25, 0.3) is 0 Å². The van der Waals surface area contributed by atoms with Crippen LogP contribution < -0.4 is 5.32 Å². The van der Waals surface area contributed by atoms with E-state index in [0.29, 0.717) is 0 Å². The average Bonchev–Trinajstić information content (AvgIpc) is 3.19. The zero-order valence-electron chi connectivity index (χ0n) is 14.1. The number of nitrogens with zero attached hydrogens (tertiary/aromatic N) is 2. The highest BCUT2D eigenvalue weighted by molar-refractivity contribution is 6.06. The average molecular weight is 355 g/mol. The Morgan fingerprint density at radius 3 is 2.69 bits per heavy atom. The Labute approximate surface area is 150 Å². The van der Waals surface area contributed by atoms with Crippen LogP contribution in [0.5, 0.6) is 0 Å². The van der Waals surface area contributed by atoms with Crippen LogP contribution in [0, 0.1) is 11.3 Å². The topological polar surface area (TPSA) is 113 Å². The molecule has 8 heteroatoms. The van der Waals surface area contributed by atoms with Crippen LogP contribution in [0.3, 0.4) is 0 Å². The number of carbonyl (C=O) groups excluding carboxylic acids is 3. The van der Waals surface area contributed by atoms with E-state index >= 15 is 0 Å². The number of furan rings is 1. The predicted octanol–water partition coefficient (Wildman–Crippen LogP) is 2.06. The van der Waals surface area contributed by atoms with Gasteiger partial charge in [0, 0.05) is 13.6 Å². The van der Waals surface area contributed by atoms with Crippen molar-refractivity contribution in [1.82, 2.24) is 4.90 Å². The fraction of sp³-hybridized carbons (Fsp3) is 0.222. The first-order chi connectivity index (χ1) is 12.5. The molecule has 0 radical (unpaired) electrons. The Bertz CT molecular complexity index is 824. The number of anilines is 1. The van der Waals surface area contributed by atoms with E-state index in [0.717, 1.165) is 0 Å². The van der Waals surface area contributed by atoms with Crippen molar-refractivity contribution in [3.63, 3.8) is 0 Å². The van der Waals surface area contributed by atoms with Crippen molar-refractivity contribution in [1.29, 1.82) is 5.26 Å². The lowest BCUT2D eigenvalue weighted by molar-refractivity contribution is -0.133. The number of carbonyl (C=O) groups is 3. The maximum Gasteiger partial charge on any atom is 0.340 e. The summed E-state index contributed by atoms with van der Waals surface area (Å²) in [5.74, 6) is -1.59. The third-order valence-electron chi connectivity index (χ3n) is 3.45. The van der Waals surface area contributed by atoms with Crippen LogP contribution in [0.15, 0.2) is 47.1 Å². The van der Waals surface area contributed by atoms with Crippen molar-refractivity contribution in [2.45, 2.75) is 6.42 Å². The van der Waals surface area contributed by atoms with Gasteiger partial charge in [-0.25, -0.2) is 4.79 Å². The van der Waals surface area contributed by atoms with Gasteiger partial charge >= 0.3 is 5.97 Å². The van der Waals surface area contributed by atoms with Crippen molar-refractivity contribution in [3.05, 3.63) is 54.0 Å². The number of nitriles is 1. The highest BCUT2D eigenvalue weighted by atomic mass is 16.5. The third-order valence-corrected chi connectivity index (χ3v) is 3.45. The number of amides is 2. The van der Waals surface area contributed by atoms with Crippen LogP contribution in [0.2, 0.25) is 0 Å². The maximum absolute atomic E-state index is 12.3. The molecule has 0 spiro atoms. The Hall–Kier alpha value is -3.60. The lowest BCUT2D eigenvalue weighted by Crippen LogP contribution is -2.32. The molecule has 0 unspecified atom stereocenters. The van der Waals surface area contributed by atoms with E-state index in [2.05, 4.69) is 5.32 Å². The number of hydrogen-bond donors (Lipinski definition) is 1. The first kappa shape index (κ1) is 18.7. The second-order valence-electron chi connectivity index (χ2n) is 5.28. The summed E-state index contributed by atoms with van der Waals surface area (Å²) in [5.41, 5.74) is 0.351. The summed E-state index contributed by atoms with van der Waals surface area (Å²) in [7, 11) is 1.52. The lowest BCUT2D eigenvalue weighted by atomic mass is 10.1. The molecule has 1 N–H and O–H groups in total. The predicted molar refractivity (Wildman–Crippen MR) is 91.3 cm³/mol. The standard InChI is InChI=1S/C18H17N3O5/c1-21(10-5-9-19)16(22)12-26-18(24)13-6-2-3-7-14(13)20-17(23)15-8-4-11-25-15/h2-4,6-8,11H,5,10,12H2,1H3,(H,20,23). The van der Waals surface area contributed by atoms with Crippen LogP contribution in [0.1, 0.15) is 27.3 Å². The monoisotopic (exact) mass is 355 g/mol. The van der Waals surface area contributed by atoms with Crippen LogP contribution in [-0.2, 0) is 9.53 Å². The first-order valence-electron chi connectivity index (χ1n) is 7.75. The summed E-state index contributed by atoms with van der Waals surface area (Å²) in [4.78, 5) is 37.5. The minimum Gasteiger partial charge on any atom is -0.459 e. The van der Waals surface area contributed by atoms with Gasteiger partial charge in [0.2, 0.25) is 0 Å². The summed E-state index contributed by atoms with van der Waals surface area (Å²) in [6.07, 6.45) is 1.56. The van der Waals surface area contributed by atoms with Gasteiger partial charge in [0.25, 0.3) is 11.8 Å². The van der Waals surface area contributed by atoms with Gasteiger partial charge in [-0.15, -0.1) is 0 Å². The SMILES string of the molecule is CN(CCC#N)C(=O)COC(=O)c1ccccc1NC(=O)c1ccco1. The molecule has 0 bridgehead atoms. The van der Waals surface area contributed by atoms with E-state index in [4.69, 9.17) is 14.4 Å². The molecule has 2 amide bonds. The normalized spacial score (nSPS) is 9.85. The second-order valence-corrected chi connectivity index (χ2v) is 5.28. The van der Waals surface area contributed by atoms with Gasteiger partial charge in [0.1, 0.15) is 0 Å². The van der Waals surface area contributed by atoms with Crippen LogP contribution >= 0.6 is 0 Å². The summed E-state index contributed by atoms with van der Waals surface area (Å²) >= 11 is 0. The molecule has 26 heavy (non-hydrogen) atoms. The molecule has 2 rings (SSSR count). The van der Waals surface area contributed by atoms with Crippen molar-refractivity contribution in [2.75, 3.05) is 25.5 Å². The van der Waals surface area contributed by atoms with E-state index < -0.39 is 24.4 Å². The summed E-state index contributed by atoms with van der Waals surface area (Å²) < 4.78 is 10.0. The number of ether oxygens (including phenoxy) is 1. The zero-order valence-corrected chi connectivity index (χ0v) is 14.1. The number of hydrogen-bond acceptors (Lipinski definition) is 6. The molecule has 0 aliphatic rings. The smallest absolute Gasteiger partial charge is 0.340 e. The molecule has 0 aliphatic carbocycles. The molecular formula is C18H17N3O5. The van der Waals surface area contributed by atoms with Crippen molar-refractivity contribution in [3.8, 4) is 6.07 Å². The Morgan fingerprint density at radius 1 is 1.23 bits per heavy atom. The Morgan fingerprint density at radius 2 is 2.00 bits per heavy atom. The van der Waals surface area contributed by atoms with E-state index in [-0.39, 0.29) is 30.0 Å². The molecule has 1 aromatic heterocycles. The molecule has 0 aliphatic heterocycles. The van der Waals surface area contributed by atoms with E-state index in [1.54, 1.807) is 18.2 Å². The molecule has 8 nitrogen and oxygen atoms in total. The number of para-hydroxylation sites is 1. The van der Waals surface area contributed by atoms with Gasteiger partial charge in [-0.3, -0.25) is 9.59 Å². The summed E-state index contributed by atoms with van der Waals surface area (Å²) in [6, 6.07) is 11.3. The fourth-order valence-electron chi connectivity index (χ4n) is 2.02. The number of likely N-dealkylation sites (N-methyl/N-ethyl adjacent to an activating group) is 1. The van der Waals surface area contributed by atoms with Gasteiger partial charge < -0.3 is 19.4 Å². The lowest BCUT2D eigenvalue weighted by Gasteiger charge is -2.15. The minimum atomic E-state index is -0.748. The first-order valence-corrected chi connectivity index (χ1v) is 7.75. The van der Waals surface area contributed by atoms with E-state index in [9.17, 15) is 14.4 Å². The summed E-state index contributed by atoms with van der Waals surface area (Å²) in [6.45, 7) is -0.204. The molecule has 0 saturated carbocycles. The van der Waals surface area contributed by atoms with Gasteiger partial charge in [-0.1, -0.05) is 12.1 Å². The molecular weight excluding hydrogens is 338 g/mol. The van der Waals surface area contributed by atoms with Crippen molar-refractivity contribution >= 4 is 23.5 Å². The van der Waals surface area contributed by atoms with E-state index in [1.807, 2.05) is 6.07 Å². The van der Waals surface area contributed by atoms with Crippen LogP contribution in [0.4, 0.5) is 5.69 Å². The number of benzene rings is 1. The van der Waals surface area contributed by atoms with Gasteiger partial charge in [0.15, 0.2) is 12.4 Å². The molecule has 1 aromatic carbocycles. The van der Waals surface area contributed by atoms with E-state index in [1.165, 1.54) is 36.4 Å². The molecule has 2 aromatic rings. The highest BCUT2D eigenvalue weighted by Crippen LogP contribution is 2.17. The quantitative estimate of drug-likeness (QED) is 0.761. The zero-order chi connectivity index (χ0) is 18.9. The van der Waals surface area contributed by atoms with Gasteiger partial charge in [-0.2, -0.15) is 5.26 Å². The summed E-state index contributed by atoms with van der Waals surface area (Å²) in [5, 5.41) is 11.1. The Kier molecular flexibility index (Phi) is 6.51. The number of rotatable bonds is 7. The number of nitrogens with one attached hydrogen (secondary N) is 1. The maximum atomic E-state index is 12.3. The van der Waals surface area contributed by atoms with Gasteiger partial charge in [0.05, 0.1) is 30.0 Å². The molecule has 1 heterocycles. The molecule has 134 valence electrons. The third kappa shape index (κ3) is 4.95. The minimum absolute atomic E-state index is 0.0995. The van der Waals surface area contributed by atoms with Gasteiger partial charge in [-0.05, 0) is 24.3 Å². The molecule has 0 saturated heterocycles. The van der Waals surface area contributed by atoms with Crippen molar-refractivity contribution < 1.29 is 23.5 Å². The highest BCUT2D eigenvalue weighted by Gasteiger charge is 2.18. The second kappa shape index (κ2) is 9.03. The van der Waals surface area contributed by atoms with Crippen LogP contribution in [-0.4, -0.2) is 42.9 Å². The Balaban J connectivity index is 2.00. The molecule has 0 fully saturated rings. The fourth-order valence-corrected chi connectivity index (χ4v) is 2.02. The number of esters is 1.